The SMILES string of the molecule is O=C(O)Cc1coc2cc(NCc3cccc4c3N(Cc3ccccc3)CCC4)ccc12. The Hall–Kier alpha value is -3.73. The van der Waals surface area contributed by atoms with Gasteiger partial charge in [-0.25, -0.2) is 0 Å². The van der Waals surface area contributed by atoms with Crippen molar-refractivity contribution in [1.29, 1.82) is 0 Å². The molecule has 0 unspecified atom stereocenters. The number of furan rings is 1. The van der Waals surface area contributed by atoms with Gasteiger partial charge in [0.1, 0.15) is 5.58 Å². The maximum atomic E-state index is 11.0. The number of para-hydroxylation sites is 1. The summed E-state index contributed by atoms with van der Waals surface area (Å²) in [5.74, 6) is -0.858. The van der Waals surface area contributed by atoms with Crippen LogP contribution in [0.4, 0.5) is 11.4 Å². The van der Waals surface area contributed by atoms with Crippen molar-refractivity contribution in [2.75, 3.05) is 16.8 Å². The van der Waals surface area contributed by atoms with E-state index in [4.69, 9.17) is 9.52 Å². The van der Waals surface area contributed by atoms with E-state index in [0.29, 0.717) is 17.7 Å². The van der Waals surface area contributed by atoms with Crippen LogP contribution in [0.3, 0.4) is 0 Å². The summed E-state index contributed by atoms with van der Waals surface area (Å²) < 4.78 is 5.61. The summed E-state index contributed by atoms with van der Waals surface area (Å²) in [7, 11) is 0. The zero-order chi connectivity index (χ0) is 21.9. The summed E-state index contributed by atoms with van der Waals surface area (Å²) in [6.07, 6.45) is 3.79. The highest BCUT2D eigenvalue weighted by Crippen LogP contribution is 2.33. The molecule has 1 aliphatic rings. The maximum Gasteiger partial charge on any atom is 0.307 e. The number of carboxylic acids is 1. The van der Waals surface area contributed by atoms with E-state index >= 15 is 0 Å². The molecule has 0 radical (unpaired) electrons. The Morgan fingerprint density at radius 3 is 2.75 bits per heavy atom. The fraction of sp³-hybridized carbons (Fsp3) is 0.222. The van der Waals surface area contributed by atoms with Crippen LogP contribution in [0.5, 0.6) is 0 Å². The third-order valence-electron chi connectivity index (χ3n) is 6.09. The van der Waals surface area contributed by atoms with E-state index in [1.807, 2.05) is 18.2 Å². The lowest BCUT2D eigenvalue weighted by molar-refractivity contribution is -0.136. The molecule has 5 nitrogen and oxygen atoms in total. The quantitative estimate of drug-likeness (QED) is 0.401. The number of aryl methyl sites for hydroxylation is 1. The molecular formula is C27H26N2O3. The third-order valence-corrected chi connectivity index (χ3v) is 6.09. The second-order valence-corrected chi connectivity index (χ2v) is 8.33. The van der Waals surface area contributed by atoms with Crippen molar-refractivity contribution in [2.24, 2.45) is 0 Å². The molecule has 0 amide bonds. The monoisotopic (exact) mass is 426 g/mol. The molecule has 4 aromatic rings. The van der Waals surface area contributed by atoms with E-state index in [9.17, 15) is 4.79 Å². The number of carboxylic acid groups (broad SMARTS) is 1. The summed E-state index contributed by atoms with van der Waals surface area (Å²) in [6, 6.07) is 23.1. The Bertz CT molecular complexity index is 1250. The number of aliphatic carboxylic acids is 1. The van der Waals surface area contributed by atoms with Crippen molar-refractivity contribution in [3.63, 3.8) is 0 Å². The number of nitrogens with zero attached hydrogens (tertiary/aromatic N) is 1. The first-order valence-corrected chi connectivity index (χ1v) is 11.0. The molecule has 0 spiro atoms. The summed E-state index contributed by atoms with van der Waals surface area (Å²) in [5, 5.41) is 13.4. The van der Waals surface area contributed by atoms with E-state index in [0.717, 1.165) is 30.6 Å². The van der Waals surface area contributed by atoms with Crippen LogP contribution in [-0.4, -0.2) is 17.6 Å². The van der Waals surface area contributed by atoms with Gasteiger partial charge in [0.2, 0.25) is 0 Å². The molecule has 0 saturated heterocycles. The van der Waals surface area contributed by atoms with Gasteiger partial charge in [0.15, 0.2) is 0 Å². The lowest BCUT2D eigenvalue weighted by Crippen LogP contribution is -2.30. The summed E-state index contributed by atoms with van der Waals surface area (Å²) in [5.41, 5.74) is 7.72. The minimum atomic E-state index is -0.858. The Balaban J connectivity index is 1.36. The predicted molar refractivity (Wildman–Crippen MR) is 127 cm³/mol. The van der Waals surface area contributed by atoms with Gasteiger partial charge in [0, 0.05) is 48.0 Å². The lowest BCUT2D eigenvalue weighted by Gasteiger charge is -2.33. The Labute approximate surface area is 187 Å². The van der Waals surface area contributed by atoms with Gasteiger partial charge in [0.25, 0.3) is 0 Å². The van der Waals surface area contributed by atoms with Crippen molar-refractivity contribution < 1.29 is 14.3 Å². The smallest absolute Gasteiger partial charge is 0.307 e. The van der Waals surface area contributed by atoms with Crippen molar-refractivity contribution in [3.8, 4) is 0 Å². The second-order valence-electron chi connectivity index (χ2n) is 8.33. The number of benzene rings is 3. The summed E-state index contributed by atoms with van der Waals surface area (Å²) in [4.78, 5) is 13.5. The minimum absolute atomic E-state index is 0.0345. The van der Waals surface area contributed by atoms with E-state index in [1.54, 1.807) is 0 Å². The number of carbonyl (C=O) groups is 1. The molecule has 1 aliphatic heterocycles. The van der Waals surface area contributed by atoms with Gasteiger partial charge in [-0.3, -0.25) is 4.79 Å². The zero-order valence-electron chi connectivity index (χ0n) is 17.9. The average Bonchev–Trinajstić information content (AvgIpc) is 3.20. The third kappa shape index (κ3) is 4.19. The predicted octanol–water partition coefficient (Wildman–Crippen LogP) is 5.62. The average molecular weight is 427 g/mol. The molecule has 5 heteroatoms. The molecule has 1 aromatic heterocycles. The number of nitrogens with one attached hydrogen (secondary N) is 1. The van der Waals surface area contributed by atoms with Crippen molar-refractivity contribution >= 4 is 28.3 Å². The largest absolute Gasteiger partial charge is 0.481 e. The molecule has 162 valence electrons. The van der Waals surface area contributed by atoms with Gasteiger partial charge in [-0.15, -0.1) is 0 Å². The number of hydrogen-bond donors (Lipinski definition) is 2. The van der Waals surface area contributed by atoms with Crippen molar-refractivity contribution in [1.82, 2.24) is 0 Å². The van der Waals surface area contributed by atoms with Crippen molar-refractivity contribution in [2.45, 2.75) is 32.4 Å². The van der Waals surface area contributed by atoms with Gasteiger partial charge >= 0.3 is 5.97 Å². The number of rotatable bonds is 7. The van der Waals surface area contributed by atoms with Crippen LogP contribution in [0.2, 0.25) is 0 Å². The van der Waals surface area contributed by atoms with E-state index in [-0.39, 0.29) is 6.42 Å². The number of hydrogen-bond acceptors (Lipinski definition) is 4. The zero-order valence-corrected chi connectivity index (χ0v) is 17.9. The van der Waals surface area contributed by atoms with Crippen LogP contribution in [-0.2, 0) is 30.7 Å². The van der Waals surface area contributed by atoms with Gasteiger partial charge in [-0.1, -0.05) is 48.5 Å². The molecule has 3 aromatic carbocycles. The lowest BCUT2D eigenvalue weighted by atomic mass is 9.97. The van der Waals surface area contributed by atoms with Crippen LogP contribution < -0.4 is 10.2 Å². The Morgan fingerprint density at radius 1 is 1.03 bits per heavy atom. The highest BCUT2D eigenvalue weighted by molar-refractivity contribution is 5.87. The molecule has 32 heavy (non-hydrogen) atoms. The van der Waals surface area contributed by atoms with Gasteiger partial charge in [-0.2, -0.15) is 0 Å². The van der Waals surface area contributed by atoms with E-state index in [1.165, 1.54) is 35.1 Å². The molecule has 0 fully saturated rings. The Morgan fingerprint density at radius 2 is 1.91 bits per heavy atom. The van der Waals surface area contributed by atoms with E-state index in [2.05, 4.69) is 58.7 Å². The molecule has 0 aliphatic carbocycles. The van der Waals surface area contributed by atoms with Crippen LogP contribution in [0.15, 0.2) is 77.4 Å². The molecule has 5 rings (SSSR count). The van der Waals surface area contributed by atoms with Crippen LogP contribution in [0.25, 0.3) is 11.0 Å². The fourth-order valence-corrected chi connectivity index (χ4v) is 4.62. The van der Waals surface area contributed by atoms with Crippen LogP contribution in [0.1, 0.15) is 28.7 Å². The molecule has 0 bridgehead atoms. The number of fused-ring (bicyclic) bond motifs is 2. The first-order valence-electron chi connectivity index (χ1n) is 11.0. The van der Waals surface area contributed by atoms with Gasteiger partial charge < -0.3 is 19.7 Å². The highest BCUT2D eigenvalue weighted by Gasteiger charge is 2.20. The first-order chi connectivity index (χ1) is 15.7. The fourth-order valence-electron chi connectivity index (χ4n) is 4.62. The summed E-state index contributed by atoms with van der Waals surface area (Å²) >= 11 is 0. The minimum Gasteiger partial charge on any atom is -0.481 e. The molecule has 2 N–H and O–H groups in total. The maximum absolute atomic E-state index is 11.0. The van der Waals surface area contributed by atoms with Crippen LogP contribution >= 0.6 is 0 Å². The first kappa shape index (κ1) is 20.2. The molecular weight excluding hydrogens is 400 g/mol. The molecule has 2 heterocycles. The van der Waals surface area contributed by atoms with Gasteiger partial charge in [-0.05, 0) is 41.7 Å². The second kappa shape index (κ2) is 8.79. The topological polar surface area (TPSA) is 65.7 Å². The standard InChI is InChI=1S/C27H26N2O3/c30-26(31)14-22-18-32-25-15-23(11-12-24(22)25)28-16-21-9-4-8-20-10-5-13-29(27(20)21)17-19-6-2-1-3-7-19/h1-4,6-9,11-12,15,18,28H,5,10,13-14,16-17H2,(H,30,31). The molecule has 0 saturated carbocycles. The number of anilines is 2. The van der Waals surface area contributed by atoms with Crippen LogP contribution in [0, 0.1) is 0 Å². The summed E-state index contributed by atoms with van der Waals surface area (Å²) in [6.45, 7) is 2.68. The van der Waals surface area contributed by atoms with E-state index < -0.39 is 5.97 Å². The highest BCUT2D eigenvalue weighted by atomic mass is 16.4. The molecule has 0 atom stereocenters. The Kier molecular flexibility index (Phi) is 5.55. The van der Waals surface area contributed by atoms with Crippen molar-refractivity contribution in [3.05, 3.63) is 95.2 Å². The van der Waals surface area contributed by atoms with Gasteiger partial charge in [0.05, 0.1) is 12.7 Å². The normalized spacial score (nSPS) is 13.2.